The lowest BCUT2D eigenvalue weighted by Crippen LogP contribution is -2.24. The molecule has 0 saturated carbocycles. The van der Waals surface area contributed by atoms with Gasteiger partial charge in [0.15, 0.2) is 0 Å². The van der Waals surface area contributed by atoms with E-state index in [0.717, 1.165) is 23.1 Å². The van der Waals surface area contributed by atoms with E-state index in [1.165, 1.54) is 5.56 Å². The molecule has 0 bridgehead atoms. The Hall–Kier alpha value is -3.08. The normalized spacial score (nSPS) is 15.2. The van der Waals surface area contributed by atoms with Crippen LogP contribution >= 0.6 is 0 Å². The molecule has 0 fully saturated rings. The largest absolute Gasteiger partial charge is 0.465 e. The van der Waals surface area contributed by atoms with Gasteiger partial charge in [-0.05, 0) is 49.1 Å². The Morgan fingerprint density at radius 3 is 2.56 bits per heavy atom. The van der Waals surface area contributed by atoms with Gasteiger partial charge in [0.05, 0.1) is 12.9 Å². The van der Waals surface area contributed by atoms with E-state index in [0.29, 0.717) is 11.5 Å². The predicted octanol–water partition coefficient (Wildman–Crippen LogP) is 4.09. The fraction of sp³-hybridized carbons (Fsp3) is 0.273. The minimum absolute atomic E-state index is 0.0282. The van der Waals surface area contributed by atoms with Gasteiger partial charge in [-0.2, -0.15) is 0 Å². The molecule has 0 N–H and O–H groups in total. The summed E-state index contributed by atoms with van der Waals surface area (Å²) in [6.07, 6.45) is 2.48. The van der Waals surface area contributed by atoms with E-state index in [-0.39, 0.29) is 12.5 Å². The first kappa shape index (κ1) is 18.7. The second-order valence-corrected chi connectivity index (χ2v) is 6.48. The molecule has 3 rings (SSSR count). The molecule has 2 aromatic rings. The summed E-state index contributed by atoms with van der Waals surface area (Å²) in [7, 11) is 0. The number of allylic oxidation sites excluding steroid dienone is 1. The van der Waals surface area contributed by atoms with Gasteiger partial charge in [-0.15, -0.1) is 0 Å². The Labute approximate surface area is 158 Å². The lowest BCUT2D eigenvalue weighted by molar-refractivity contribution is -0.161. The minimum Gasteiger partial charge on any atom is -0.465 e. The molecular formula is C22H22O5. The van der Waals surface area contributed by atoms with Crippen molar-refractivity contribution in [3.8, 4) is 11.5 Å². The molecule has 1 aliphatic rings. The molecular weight excluding hydrogens is 344 g/mol. The Morgan fingerprint density at radius 1 is 1.11 bits per heavy atom. The maximum absolute atomic E-state index is 12.0. The second-order valence-electron chi connectivity index (χ2n) is 6.48. The molecule has 0 amide bonds. The number of hydrogen-bond donors (Lipinski definition) is 0. The van der Waals surface area contributed by atoms with Gasteiger partial charge in [0.2, 0.25) is 0 Å². The summed E-state index contributed by atoms with van der Waals surface area (Å²) in [4.78, 5) is 23.7. The highest BCUT2D eigenvalue weighted by molar-refractivity contribution is 6.30. The molecule has 140 valence electrons. The molecule has 2 aromatic carbocycles. The highest BCUT2D eigenvalue weighted by Crippen LogP contribution is 2.43. The monoisotopic (exact) mass is 366 g/mol. The van der Waals surface area contributed by atoms with Crippen LogP contribution in [0.5, 0.6) is 11.5 Å². The third-order valence-corrected chi connectivity index (χ3v) is 4.47. The summed E-state index contributed by atoms with van der Waals surface area (Å²) in [5.74, 6) is -1.10. The second kappa shape index (κ2) is 8.08. The zero-order valence-electron chi connectivity index (χ0n) is 15.7. The van der Waals surface area contributed by atoms with E-state index in [1.54, 1.807) is 19.3 Å². The number of carbonyl (C=O) groups is 2. The lowest BCUT2D eigenvalue weighted by Gasteiger charge is -2.26. The SMILES string of the molecule is CCOC(=O)C(=O)Oc1cc(C)cc2c1C(C)C(Cc1ccccc1)=CO2. The van der Waals surface area contributed by atoms with Crippen LogP contribution in [-0.2, 0) is 20.7 Å². The molecule has 0 aromatic heterocycles. The van der Waals surface area contributed by atoms with E-state index in [1.807, 2.05) is 38.1 Å². The van der Waals surface area contributed by atoms with Crippen LogP contribution in [0.25, 0.3) is 0 Å². The number of rotatable bonds is 4. The molecule has 0 spiro atoms. The Balaban J connectivity index is 1.89. The molecule has 5 heteroatoms. The van der Waals surface area contributed by atoms with Crippen molar-refractivity contribution in [2.45, 2.75) is 33.1 Å². The zero-order chi connectivity index (χ0) is 19.4. The lowest BCUT2D eigenvalue weighted by atomic mass is 9.86. The molecule has 1 heterocycles. The van der Waals surface area contributed by atoms with Crippen molar-refractivity contribution >= 4 is 11.9 Å². The highest BCUT2D eigenvalue weighted by Gasteiger charge is 2.28. The molecule has 0 saturated heterocycles. The summed E-state index contributed by atoms with van der Waals surface area (Å²) < 4.78 is 15.9. The minimum atomic E-state index is -1.03. The number of ether oxygens (including phenoxy) is 3. The molecule has 5 nitrogen and oxygen atoms in total. The quantitative estimate of drug-likeness (QED) is 0.463. The van der Waals surface area contributed by atoms with Crippen molar-refractivity contribution in [2.75, 3.05) is 6.61 Å². The van der Waals surface area contributed by atoms with E-state index >= 15 is 0 Å². The first-order valence-corrected chi connectivity index (χ1v) is 8.92. The van der Waals surface area contributed by atoms with E-state index in [4.69, 9.17) is 14.2 Å². The Morgan fingerprint density at radius 2 is 1.85 bits per heavy atom. The summed E-state index contributed by atoms with van der Waals surface area (Å²) in [6, 6.07) is 13.7. The van der Waals surface area contributed by atoms with Gasteiger partial charge in [0.25, 0.3) is 0 Å². The Kier molecular flexibility index (Phi) is 5.60. The summed E-state index contributed by atoms with van der Waals surface area (Å²) >= 11 is 0. The average molecular weight is 366 g/mol. The van der Waals surface area contributed by atoms with Crippen molar-refractivity contribution in [1.29, 1.82) is 0 Å². The predicted molar refractivity (Wildman–Crippen MR) is 101 cm³/mol. The standard InChI is InChI=1S/C22H22O5/c1-4-25-21(23)22(24)27-19-11-14(2)10-18-20(19)15(3)17(13-26-18)12-16-8-6-5-7-9-16/h5-11,13,15H,4,12H2,1-3H3. The van der Waals surface area contributed by atoms with Gasteiger partial charge in [-0.3, -0.25) is 0 Å². The number of hydrogen-bond acceptors (Lipinski definition) is 5. The molecule has 27 heavy (non-hydrogen) atoms. The molecule has 1 aliphatic heterocycles. The maximum atomic E-state index is 12.0. The summed E-state index contributed by atoms with van der Waals surface area (Å²) in [5.41, 5.74) is 3.85. The van der Waals surface area contributed by atoms with Crippen molar-refractivity contribution < 1.29 is 23.8 Å². The van der Waals surface area contributed by atoms with Crippen LogP contribution in [0.1, 0.15) is 36.5 Å². The van der Waals surface area contributed by atoms with Gasteiger partial charge < -0.3 is 14.2 Å². The number of carbonyl (C=O) groups excluding carboxylic acids is 2. The third kappa shape index (κ3) is 4.19. The maximum Gasteiger partial charge on any atom is 0.422 e. The van der Waals surface area contributed by atoms with Crippen LogP contribution in [0, 0.1) is 6.92 Å². The van der Waals surface area contributed by atoms with E-state index in [2.05, 4.69) is 12.1 Å². The van der Waals surface area contributed by atoms with Crippen molar-refractivity contribution in [2.24, 2.45) is 0 Å². The number of fused-ring (bicyclic) bond motifs is 1. The smallest absolute Gasteiger partial charge is 0.422 e. The number of aryl methyl sites for hydroxylation is 1. The van der Waals surface area contributed by atoms with Crippen molar-refractivity contribution in [3.63, 3.8) is 0 Å². The fourth-order valence-corrected chi connectivity index (χ4v) is 3.13. The first-order chi connectivity index (χ1) is 13.0. The van der Waals surface area contributed by atoms with Gasteiger partial charge in [-0.25, -0.2) is 9.59 Å². The highest BCUT2D eigenvalue weighted by atomic mass is 16.6. The van der Waals surface area contributed by atoms with Crippen LogP contribution in [0.4, 0.5) is 0 Å². The summed E-state index contributed by atoms with van der Waals surface area (Å²) in [6.45, 7) is 5.66. The number of benzene rings is 2. The van der Waals surface area contributed by atoms with Crippen LogP contribution in [0.2, 0.25) is 0 Å². The topological polar surface area (TPSA) is 61.8 Å². The van der Waals surface area contributed by atoms with Crippen LogP contribution in [0.3, 0.4) is 0 Å². The summed E-state index contributed by atoms with van der Waals surface area (Å²) in [5, 5.41) is 0. The third-order valence-electron chi connectivity index (χ3n) is 4.47. The average Bonchev–Trinajstić information content (AvgIpc) is 2.64. The van der Waals surface area contributed by atoms with Crippen LogP contribution in [0.15, 0.2) is 54.3 Å². The molecule has 0 aliphatic carbocycles. The van der Waals surface area contributed by atoms with Crippen molar-refractivity contribution in [3.05, 3.63) is 71.0 Å². The Bertz CT molecular complexity index is 883. The van der Waals surface area contributed by atoms with E-state index < -0.39 is 11.9 Å². The fourth-order valence-electron chi connectivity index (χ4n) is 3.13. The van der Waals surface area contributed by atoms with Gasteiger partial charge >= 0.3 is 11.9 Å². The van der Waals surface area contributed by atoms with Crippen LogP contribution in [-0.4, -0.2) is 18.5 Å². The molecule has 1 unspecified atom stereocenters. The van der Waals surface area contributed by atoms with Crippen molar-refractivity contribution in [1.82, 2.24) is 0 Å². The molecule has 1 atom stereocenters. The first-order valence-electron chi connectivity index (χ1n) is 8.92. The van der Waals surface area contributed by atoms with Gasteiger partial charge in [0, 0.05) is 11.5 Å². The molecule has 0 radical (unpaired) electrons. The van der Waals surface area contributed by atoms with Crippen LogP contribution < -0.4 is 9.47 Å². The number of esters is 2. The zero-order valence-corrected chi connectivity index (χ0v) is 15.7. The van der Waals surface area contributed by atoms with Gasteiger partial charge in [0.1, 0.15) is 11.5 Å². The van der Waals surface area contributed by atoms with Gasteiger partial charge in [-0.1, -0.05) is 37.3 Å². The van der Waals surface area contributed by atoms with E-state index in [9.17, 15) is 9.59 Å².